The van der Waals surface area contributed by atoms with Crippen LogP contribution in [-0.2, 0) is 16.4 Å². The number of nitrogens with one attached hydrogen (secondary N) is 1. The van der Waals surface area contributed by atoms with E-state index < -0.39 is 9.84 Å². The van der Waals surface area contributed by atoms with Gasteiger partial charge in [0, 0.05) is 12.2 Å². The summed E-state index contributed by atoms with van der Waals surface area (Å²) in [5.74, 6) is -0.396. The molecule has 0 unspecified atom stereocenters. The fraction of sp³-hybridized carbons (Fsp3) is 0.375. The number of hydrogen-bond donors (Lipinski definition) is 1. The molecule has 1 saturated heterocycles. The van der Waals surface area contributed by atoms with Gasteiger partial charge in [0.25, 0.3) is 5.91 Å². The van der Waals surface area contributed by atoms with E-state index in [-0.39, 0.29) is 35.8 Å². The van der Waals surface area contributed by atoms with Crippen molar-refractivity contribution in [2.24, 2.45) is 0 Å². The zero-order valence-corrected chi connectivity index (χ0v) is 14.0. The zero-order chi connectivity index (χ0) is 17.3. The Labute approximate surface area is 139 Å². The minimum Gasteiger partial charge on any atom is -0.348 e. The van der Waals surface area contributed by atoms with Gasteiger partial charge in [-0.1, -0.05) is 12.1 Å². The van der Waals surface area contributed by atoms with E-state index in [1.165, 1.54) is 18.3 Å². The van der Waals surface area contributed by atoms with Crippen LogP contribution in [-0.4, -0.2) is 35.6 Å². The third-order valence-electron chi connectivity index (χ3n) is 4.21. The lowest BCUT2D eigenvalue weighted by Crippen LogP contribution is -2.23. The Kier molecular flexibility index (Phi) is 4.40. The van der Waals surface area contributed by atoms with E-state index in [2.05, 4.69) is 10.4 Å². The van der Waals surface area contributed by atoms with E-state index in [9.17, 15) is 17.6 Å². The molecule has 0 saturated carbocycles. The molecule has 2 heterocycles. The van der Waals surface area contributed by atoms with Crippen LogP contribution in [0.3, 0.4) is 0 Å². The number of carbonyl (C=O) groups is 1. The first-order chi connectivity index (χ1) is 11.4. The maximum atomic E-state index is 12.9. The van der Waals surface area contributed by atoms with Gasteiger partial charge in [-0.2, -0.15) is 5.10 Å². The van der Waals surface area contributed by atoms with Gasteiger partial charge in [0.1, 0.15) is 5.82 Å². The van der Waals surface area contributed by atoms with Gasteiger partial charge in [-0.3, -0.25) is 9.48 Å². The highest BCUT2D eigenvalue weighted by molar-refractivity contribution is 7.91. The average Bonchev–Trinajstić information content (AvgIpc) is 3.09. The summed E-state index contributed by atoms with van der Waals surface area (Å²) in [6.45, 7) is 2.03. The van der Waals surface area contributed by atoms with E-state index in [1.807, 2.05) is 0 Å². The van der Waals surface area contributed by atoms with E-state index in [4.69, 9.17) is 0 Å². The molecular formula is C16H18FN3O3S. The number of benzene rings is 1. The van der Waals surface area contributed by atoms with Crippen LogP contribution in [0.15, 0.2) is 30.5 Å². The molecule has 1 aliphatic heterocycles. The van der Waals surface area contributed by atoms with E-state index >= 15 is 0 Å². The number of amides is 1. The van der Waals surface area contributed by atoms with Crippen LogP contribution in [0.4, 0.5) is 4.39 Å². The highest BCUT2D eigenvalue weighted by atomic mass is 32.2. The maximum Gasteiger partial charge on any atom is 0.255 e. The van der Waals surface area contributed by atoms with Gasteiger partial charge in [-0.15, -0.1) is 0 Å². The van der Waals surface area contributed by atoms with Crippen molar-refractivity contribution in [3.63, 3.8) is 0 Å². The summed E-state index contributed by atoms with van der Waals surface area (Å²) in [6.07, 6.45) is 1.97. The van der Waals surface area contributed by atoms with Gasteiger partial charge >= 0.3 is 0 Å². The molecule has 1 aromatic carbocycles. The van der Waals surface area contributed by atoms with Crippen molar-refractivity contribution in [1.82, 2.24) is 15.1 Å². The maximum absolute atomic E-state index is 12.9. The lowest BCUT2D eigenvalue weighted by molar-refractivity contribution is 0.0950. The number of sulfone groups is 1. The summed E-state index contributed by atoms with van der Waals surface area (Å²) in [5, 5.41) is 6.96. The van der Waals surface area contributed by atoms with Crippen LogP contribution >= 0.6 is 0 Å². The van der Waals surface area contributed by atoms with Crippen molar-refractivity contribution in [2.75, 3.05) is 11.5 Å². The fourth-order valence-electron chi connectivity index (χ4n) is 2.86. The second kappa shape index (κ2) is 6.35. The molecule has 24 heavy (non-hydrogen) atoms. The first-order valence-electron chi connectivity index (χ1n) is 7.63. The molecule has 1 aromatic heterocycles. The number of halogens is 1. The van der Waals surface area contributed by atoms with Crippen molar-refractivity contribution in [1.29, 1.82) is 0 Å². The molecule has 1 atom stereocenters. The molecule has 0 spiro atoms. The van der Waals surface area contributed by atoms with Crippen molar-refractivity contribution in [3.8, 4) is 0 Å². The number of hydrogen-bond acceptors (Lipinski definition) is 4. The monoisotopic (exact) mass is 351 g/mol. The molecule has 0 radical (unpaired) electrons. The molecule has 128 valence electrons. The zero-order valence-electron chi connectivity index (χ0n) is 13.2. The van der Waals surface area contributed by atoms with E-state index in [1.54, 1.807) is 23.7 Å². The van der Waals surface area contributed by atoms with Crippen LogP contribution in [0, 0.1) is 12.7 Å². The van der Waals surface area contributed by atoms with Crippen LogP contribution in [0.1, 0.15) is 34.1 Å². The Morgan fingerprint density at radius 1 is 1.38 bits per heavy atom. The Morgan fingerprint density at radius 2 is 2.08 bits per heavy atom. The number of nitrogens with zero attached hydrogens (tertiary/aromatic N) is 2. The van der Waals surface area contributed by atoms with Crippen LogP contribution in [0.2, 0.25) is 0 Å². The van der Waals surface area contributed by atoms with Gasteiger partial charge in [0.05, 0.1) is 29.3 Å². The molecule has 1 amide bonds. The van der Waals surface area contributed by atoms with Gasteiger partial charge < -0.3 is 5.32 Å². The minimum atomic E-state index is -3.01. The smallest absolute Gasteiger partial charge is 0.255 e. The molecular weight excluding hydrogens is 333 g/mol. The van der Waals surface area contributed by atoms with Gasteiger partial charge in [0.15, 0.2) is 9.84 Å². The van der Waals surface area contributed by atoms with Crippen molar-refractivity contribution in [3.05, 3.63) is 53.1 Å². The van der Waals surface area contributed by atoms with Gasteiger partial charge in [0.2, 0.25) is 0 Å². The highest BCUT2D eigenvalue weighted by Gasteiger charge is 2.31. The first kappa shape index (κ1) is 16.6. The Hall–Kier alpha value is -2.22. The molecule has 1 fully saturated rings. The fourth-order valence-corrected chi connectivity index (χ4v) is 4.55. The normalized spacial score (nSPS) is 19.3. The lowest BCUT2D eigenvalue weighted by Gasteiger charge is -2.11. The molecule has 2 aromatic rings. The summed E-state index contributed by atoms with van der Waals surface area (Å²) < 4.78 is 37.7. The minimum absolute atomic E-state index is 0.0617. The van der Waals surface area contributed by atoms with E-state index in [0.29, 0.717) is 17.7 Å². The SMILES string of the molecule is Cc1c(C(=O)NCc2ccc(F)cc2)cnn1[C@H]1CCS(=O)(=O)C1. The quantitative estimate of drug-likeness (QED) is 0.908. The molecule has 1 N–H and O–H groups in total. The van der Waals surface area contributed by atoms with Crippen molar-refractivity contribution >= 4 is 15.7 Å². The Balaban J connectivity index is 1.69. The predicted molar refractivity (Wildman–Crippen MR) is 86.8 cm³/mol. The largest absolute Gasteiger partial charge is 0.348 e. The Morgan fingerprint density at radius 3 is 2.71 bits per heavy atom. The molecule has 8 heteroatoms. The van der Waals surface area contributed by atoms with Crippen LogP contribution in [0.5, 0.6) is 0 Å². The lowest BCUT2D eigenvalue weighted by atomic mass is 10.2. The van der Waals surface area contributed by atoms with Gasteiger partial charge in [-0.25, -0.2) is 12.8 Å². The predicted octanol–water partition coefficient (Wildman–Crippen LogP) is 1.62. The summed E-state index contributed by atoms with van der Waals surface area (Å²) >= 11 is 0. The molecule has 3 rings (SSSR count). The van der Waals surface area contributed by atoms with E-state index in [0.717, 1.165) is 5.56 Å². The topological polar surface area (TPSA) is 81.1 Å². The summed E-state index contributed by atoms with van der Waals surface area (Å²) in [6, 6.07) is 5.68. The second-order valence-corrected chi connectivity index (χ2v) is 8.18. The molecule has 6 nitrogen and oxygen atoms in total. The van der Waals surface area contributed by atoms with Crippen LogP contribution in [0.25, 0.3) is 0 Å². The molecule has 1 aliphatic rings. The molecule has 0 aliphatic carbocycles. The number of rotatable bonds is 4. The summed E-state index contributed by atoms with van der Waals surface area (Å²) in [5.41, 5.74) is 1.85. The summed E-state index contributed by atoms with van der Waals surface area (Å²) in [7, 11) is -3.01. The number of carbonyl (C=O) groups excluding carboxylic acids is 1. The first-order valence-corrected chi connectivity index (χ1v) is 9.45. The summed E-state index contributed by atoms with van der Waals surface area (Å²) in [4.78, 5) is 12.3. The van der Waals surface area contributed by atoms with Gasteiger partial charge in [-0.05, 0) is 31.0 Å². The average molecular weight is 351 g/mol. The van der Waals surface area contributed by atoms with Crippen molar-refractivity contribution in [2.45, 2.75) is 25.9 Å². The van der Waals surface area contributed by atoms with Crippen molar-refractivity contribution < 1.29 is 17.6 Å². The highest BCUT2D eigenvalue weighted by Crippen LogP contribution is 2.25. The standard InChI is InChI=1S/C16H18FN3O3S/c1-11-15(9-19-20(11)14-6-7-24(22,23)10-14)16(21)18-8-12-2-4-13(17)5-3-12/h2-5,9,14H,6-8,10H2,1H3,(H,18,21)/t14-/m0/s1. The van der Waals surface area contributed by atoms with Crippen LogP contribution < -0.4 is 5.32 Å². The second-order valence-electron chi connectivity index (χ2n) is 5.95. The molecule has 0 bridgehead atoms. The third kappa shape index (κ3) is 3.48. The number of aromatic nitrogens is 2. The third-order valence-corrected chi connectivity index (χ3v) is 5.96. The Bertz CT molecular complexity index is 859.